The van der Waals surface area contributed by atoms with Crippen LogP contribution >= 0.6 is 45.3 Å². The summed E-state index contributed by atoms with van der Waals surface area (Å²) in [5.41, 5.74) is 7.65. The summed E-state index contributed by atoms with van der Waals surface area (Å²) in [5, 5.41) is 0.618. The van der Waals surface area contributed by atoms with Gasteiger partial charge in [-0.2, -0.15) is 0 Å². The molecule has 0 fully saturated rings. The number of rotatable bonds is 0. The summed E-state index contributed by atoms with van der Waals surface area (Å²) >= 11 is 5.41. The third-order valence-corrected chi connectivity index (χ3v) is 4.44. The second-order valence-corrected chi connectivity index (χ2v) is 6.65. The Morgan fingerprint density at radius 2 is 1.71 bits per heavy atom. The number of nitrogens with two attached hydrogens (primary N) is 1. The molecule has 0 saturated heterocycles. The van der Waals surface area contributed by atoms with Gasteiger partial charge in [-0.05, 0) is 34.7 Å². The van der Waals surface area contributed by atoms with Crippen LogP contribution in [0.4, 0.5) is 5.13 Å². The van der Waals surface area contributed by atoms with Crippen LogP contribution in [0.2, 0.25) is 0 Å². The first-order chi connectivity index (χ1) is 6.72. The summed E-state index contributed by atoms with van der Waals surface area (Å²) in [6, 6.07) is 4.11. The Morgan fingerprint density at radius 3 is 2.50 bits per heavy atom. The highest BCUT2D eigenvalue weighted by molar-refractivity contribution is 14.1. The standard InChI is InChI=1S/C8H4IN3S2/c9-7-11-3-1-6-4(2-5(3)13-7)12-8(10)14-6/h1-2H,(H2,10,12). The van der Waals surface area contributed by atoms with Crippen LogP contribution in [0.1, 0.15) is 0 Å². The van der Waals surface area contributed by atoms with Crippen molar-refractivity contribution in [1.82, 2.24) is 9.97 Å². The zero-order valence-electron chi connectivity index (χ0n) is 6.82. The minimum Gasteiger partial charge on any atom is -0.375 e. The molecule has 3 aromatic rings. The zero-order valence-corrected chi connectivity index (χ0v) is 10.6. The molecule has 0 aliphatic heterocycles. The van der Waals surface area contributed by atoms with E-state index in [9.17, 15) is 0 Å². The van der Waals surface area contributed by atoms with Gasteiger partial charge in [-0.15, -0.1) is 11.3 Å². The lowest BCUT2D eigenvalue weighted by Gasteiger charge is -1.86. The predicted octanol–water partition coefficient (Wildman–Crippen LogP) is 3.09. The molecule has 0 bridgehead atoms. The van der Waals surface area contributed by atoms with Crippen molar-refractivity contribution in [2.75, 3.05) is 5.73 Å². The maximum absolute atomic E-state index is 5.64. The van der Waals surface area contributed by atoms with Gasteiger partial charge in [-0.25, -0.2) is 9.97 Å². The molecule has 0 atom stereocenters. The average Bonchev–Trinajstić information content (AvgIpc) is 2.59. The lowest BCUT2D eigenvalue weighted by molar-refractivity contribution is 1.45. The lowest BCUT2D eigenvalue weighted by Crippen LogP contribution is -1.78. The molecule has 6 heteroatoms. The smallest absolute Gasteiger partial charge is 0.181 e. The highest BCUT2D eigenvalue weighted by atomic mass is 127. The average molecular weight is 333 g/mol. The van der Waals surface area contributed by atoms with Crippen molar-refractivity contribution in [3.63, 3.8) is 0 Å². The Labute approximate surface area is 101 Å². The molecule has 3 rings (SSSR count). The molecule has 0 spiro atoms. The number of halogens is 1. The second kappa shape index (κ2) is 3.01. The minimum atomic E-state index is 0.618. The second-order valence-electron chi connectivity index (χ2n) is 2.81. The van der Waals surface area contributed by atoms with Crippen LogP contribution in [0.15, 0.2) is 12.1 Å². The van der Waals surface area contributed by atoms with Crippen molar-refractivity contribution in [2.24, 2.45) is 0 Å². The van der Waals surface area contributed by atoms with E-state index in [4.69, 9.17) is 5.73 Å². The Morgan fingerprint density at radius 1 is 1.07 bits per heavy atom. The van der Waals surface area contributed by atoms with E-state index in [0.717, 1.165) is 18.7 Å². The van der Waals surface area contributed by atoms with E-state index in [1.54, 1.807) is 11.3 Å². The molecule has 2 aromatic heterocycles. The summed E-state index contributed by atoms with van der Waals surface area (Å²) < 4.78 is 3.34. The highest BCUT2D eigenvalue weighted by Crippen LogP contribution is 2.31. The van der Waals surface area contributed by atoms with Crippen molar-refractivity contribution in [3.8, 4) is 0 Å². The predicted molar refractivity (Wildman–Crippen MR) is 69.9 cm³/mol. The first-order valence-corrected chi connectivity index (χ1v) is 6.56. The van der Waals surface area contributed by atoms with Crippen molar-refractivity contribution >= 4 is 70.8 Å². The van der Waals surface area contributed by atoms with E-state index in [1.807, 2.05) is 0 Å². The van der Waals surface area contributed by atoms with Gasteiger partial charge in [-0.3, -0.25) is 0 Å². The molecule has 0 aliphatic carbocycles. The Hall–Kier alpha value is -0.470. The quantitative estimate of drug-likeness (QED) is 0.643. The van der Waals surface area contributed by atoms with Gasteiger partial charge in [-0.1, -0.05) is 11.3 Å². The van der Waals surface area contributed by atoms with Crippen molar-refractivity contribution in [1.29, 1.82) is 0 Å². The molecule has 0 unspecified atom stereocenters. The molecule has 0 aliphatic rings. The van der Waals surface area contributed by atoms with E-state index in [0.29, 0.717) is 5.13 Å². The van der Waals surface area contributed by atoms with Crippen LogP contribution < -0.4 is 5.73 Å². The van der Waals surface area contributed by atoms with Crippen LogP contribution in [0.25, 0.3) is 20.4 Å². The molecule has 0 saturated carbocycles. The Balaban J connectivity index is 2.49. The molecule has 0 radical (unpaired) electrons. The number of thiazole rings is 2. The summed E-state index contributed by atoms with van der Waals surface area (Å²) in [7, 11) is 0. The fraction of sp³-hybridized carbons (Fsp3) is 0. The Kier molecular flexibility index (Phi) is 1.89. The normalized spacial score (nSPS) is 11.5. The monoisotopic (exact) mass is 333 g/mol. The third-order valence-electron chi connectivity index (χ3n) is 1.89. The van der Waals surface area contributed by atoms with Crippen molar-refractivity contribution in [3.05, 3.63) is 15.1 Å². The minimum absolute atomic E-state index is 0.618. The summed E-state index contributed by atoms with van der Waals surface area (Å²) in [5.74, 6) is 0. The largest absolute Gasteiger partial charge is 0.375 e. The zero-order chi connectivity index (χ0) is 9.71. The number of hydrogen-bond donors (Lipinski definition) is 1. The number of aromatic nitrogens is 2. The number of benzene rings is 1. The van der Waals surface area contributed by atoms with Gasteiger partial charge >= 0.3 is 0 Å². The van der Waals surface area contributed by atoms with E-state index in [-0.39, 0.29) is 0 Å². The van der Waals surface area contributed by atoms with E-state index >= 15 is 0 Å². The number of nitrogens with zero attached hydrogens (tertiary/aromatic N) is 2. The third kappa shape index (κ3) is 1.29. The van der Waals surface area contributed by atoms with Gasteiger partial charge in [0.05, 0.1) is 20.4 Å². The fourth-order valence-corrected chi connectivity index (χ4v) is 3.76. The first kappa shape index (κ1) is 8.81. The molecule has 2 N–H and O–H groups in total. The molecule has 0 amide bonds. The number of hydrogen-bond acceptors (Lipinski definition) is 5. The van der Waals surface area contributed by atoms with Gasteiger partial charge in [0.1, 0.15) is 0 Å². The van der Waals surface area contributed by atoms with Crippen molar-refractivity contribution in [2.45, 2.75) is 0 Å². The van der Waals surface area contributed by atoms with Gasteiger partial charge in [0, 0.05) is 0 Å². The molecular formula is C8H4IN3S2. The molecule has 2 heterocycles. The summed E-state index contributed by atoms with van der Waals surface area (Å²) in [6.07, 6.45) is 0. The lowest BCUT2D eigenvalue weighted by atomic mass is 10.3. The van der Waals surface area contributed by atoms with E-state index in [2.05, 4.69) is 44.7 Å². The number of nitrogen functional groups attached to an aromatic ring is 1. The van der Waals surface area contributed by atoms with Crippen LogP contribution in [-0.2, 0) is 0 Å². The number of anilines is 1. The Bertz CT molecular complexity index is 525. The topological polar surface area (TPSA) is 51.8 Å². The van der Waals surface area contributed by atoms with E-state index in [1.165, 1.54) is 16.0 Å². The first-order valence-electron chi connectivity index (χ1n) is 3.84. The molecule has 14 heavy (non-hydrogen) atoms. The molecule has 3 nitrogen and oxygen atoms in total. The van der Waals surface area contributed by atoms with Crippen molar-refractivity contribution < 1.29 is 0 Å². The maximum atomic E-state index is 5.64. The summed E-state index contributed by atoms with van der Waals surface area (Å²) in [4.78, 5) is 8.66. The van der Waals surface area contributed by atoms with Gasteiger partial charge in [0.2, 0.25) is 0 Å². The number of fused-ring (bicyclic) bond motifs is 2. The van der Waals surface area contributed by atoms with E-state index < -0.39 is 0 Å². The maximum Gasteiger partial charge on any atom is 0.181 e. The molecule has 1 aromatic carbocycles. The highest BCUT2D eigenvalue weighted by Gasteiger charge is 2.06. The van der Waals surface area contributed by atoms with Gasteiger partial charge < -0.3 is 5.73 Å². The molecule has 70 valence electrons. The van der Waals surface area contributed by atoms with Gasteiger partial charge in [0.25, 0.3) is 0 Å². The fourth-order valence-electron chi connectivity index (χ4n) is 1.34. The van der Waals surface area contributed by atoms with Gasteiger partial charge in [0.15, 0.2) is 8.15 Å². The molecular weight excluding hydrogens is 329 g/mol. The van der Waals surface area contributed by atoms with Crippen LogP contribution in [-0.4, -0.2) is 9.97 Å². The van der Waals surface area contributed by atoms with Crippen LogP contribution in [0, 0.1) is 3.01 Å². The summed E-state index contributed by atoms with van der Waals surface area (Å²) in [6.45, 7) is 0. The van der Waals surface area contributed by atoms with Crippen LogP contribution in [0.3, 0.4) is 0 Å². The SMILES string of the molecule is Nc1nc2cc3sc(I)nc3cc2s1. The van der Waals surface area contributed by atoms with Crippen LogP contribution in [0.5, 0.6) is 0 Å².